The van der Waals surface area contributed by atoms with Crippen LogP contribution in [0.25, 0.3) is 0 Å². The van der Waals surface area contributed by atoms with Gasteiger partial charge in [-0.1, -0.05) is 44.0 Å². The lowest BCUT2D eigenvalue weighted by atomic mass is 9.98. The van der Waals surface area contributed by atoms with E-state index >= 15 is 0 Å². The molecule has 1 aliphatic carbocycles. The molecule has 3 rings (SSSR count). The van der Waals surface area contributed by atoms with Crippen LogP contribution in [0.2, 0.25) is 0 Å². The van der Waals surface area contributed by atoms with Crippen LogP contribution in [-0.4, -0.2) is 34.8 Å². The molecule has 1 aliphatic heterocycles. The summed E-state index contributed by atoms with van der Waals surface area (Å²) in [7, 11) is 0. The predicted molar refractivity (Wildman–Crippen MR) is 93.8 cm³/mol. The van der Waals surface area contributed by atoms with Gasteiger partial charge in [-0.3, -0.25) is 14.5 Å². The quantitative estimate of drug-likeness (QED) is 0.805. The monoisotopic (exact) mass is 343 g/mol. The summed E-state index contributed by atoms with van der Waals surface area (Å²) in [4.78, 5) is 38.1. The molecule has 2 N–H and O–H groups in total. The molecule has 1 heterocycles. The summed E-state index contributed by atoms with van der Waals surface area (Å²) in [6.07, 6.45) is 4.15. The number of aryl methyl sites for hydroxylation is 1. The van der Waals surface area contributed by atoms with Crippen LogP contribution in [0.1, 0.15) is 56.7 Å². The van der Waals surface area contributed by atoms with Gasteiger partial charge < -0.3 is 10.6 Å². The molecular formula is C19H25N3O3. The largest absolute Gasteiger partial charge is 0.348 e. The van der Waals surface area contributed by atoms with Gasteiger partial charge in [0.25, 0.3) is 5.91 Å². The minimum absolute atomic E-state index is 0.181. The van der Waals surface area contributed by atoms with Crippen LogP contribution < -0.4 is 10.6 Å². The molecule has 0 bridgehead atoms. The van der Waals surface area contributed by atoms with Crippen LogP contribution in [-0.2, 0) is 16.0 Å². The van der Waals surface area contributed by atoms with E-state index in [0.717, 1.165) is 29.7 Å². The summed E-state index contributed by atoms with van der Waals surface area (Å²) in [5, 5.41) is 5.66. The first-order chi connectivity index (χ1) is 11.9. The highest BCUT2D eigenvalue weighted by atomic mass is 16.2. The number of nitrogens with zero attached hydrogens (tertiary/aromatic N) is 1. The van der Waals surface area contributed by atoms with Crippen LogP contribution in [0.5, 0.6) is 0 Å². The number of urea groups is 1. The van der Waals surface area contributed by atoms with E-state index in [1.165, 1.54) is 5.56 Å². The summed E-state index contributed by atoms with van der Waals surface area (Å²) in [6.45, 7) is 3.75. The van der Waals surface area contributed by atoms with Crippen molar-refractivity contribution >= 4 is 17.8 Å². The van der Waals surface area contributed by atoms with Crippen molar-refractivity contribution in [3.63, 3.8) is 0 Å². The molecule has 0 unspecified atom stereocenters. The molecule has 2 fully saturated rings. The zero-order chi connectivity index (χ0) is 18.0. The van der Waals surface area contributed by atoms with E-state index in [1.807, 2.05) is 31.2 Å². The standard InChI is InChI=1S/C19H25N3O3/c1-3-14-6-8-15(9-7-14)13(2)20-16(23)12-22-17(24)19(21-18(22)25)10-4-5-11-19/h6-9,13H,3-5,10-12H2,1-2H3,(H,20,23)(H,21,25)/t13-/m0/s1. The Bertz CT molecular complexity index is 678. The fourth-order valence-corrected chi connectivity index (χ4v) is 3.69. The number of nitrogens with one attached hydrogen (secondary N) is 2. The van der Waals surface area contributed by atoms with Gasteiger partial charge in [0.2, 0.25) is 5.91 Å². The van der Waals surface area contributed by atoms with Crippen molar-refractivity contribution < 1.29 is 14.4 Å². The lowest BCUT2D eigenvalue weighted by molar-refractivity contribution is -0.135. The van der Waals surface area contributed by atoms with Crippen molar-refractivity contribution in [3.05, 3.63) is 35.4 Å². The van der Waals surface area contributed by atoms with E-state index < -0.39 is 11.6 Å². The number of amides is 4. The Hall–Kier alpha value is -2.37. The zero-order valence-corrected chi connectivity index (χ0v) is 14.8. The zero-order valence-electron chi connectivity index (χ0n) is 14.8. The smallest absolute Gasteiger partial charge is 0.325 e. The third kappa shape index (κ3) is 3.38. The number of rotatable bonds is 5. The van der Waals surface area contributed by atoms with Crippen LogP contribution >= 0.6 is 0 Å². The lowest BCUT2D eigenvalue weighted by Crippen LogP contribution is -2.45. The molecule has 1 aromatic carbocycles. The molecule has 6 nitrogen and oxygen atoms in total. The second-order valence-electron chi connectivity index (χ2n) is 7.00. The summed E-state index contributed by atoms with van der Waals surface area (Å²) in [6, 6.07) is 7.43. The molecule has 6 heteroatoms. The van der Waals surface area contributed by atoms with Gasteiger partial charge in [0, 0.05) is 0 Å². The van der Waals surface area contributed by atoms with E-state index in [4.69, 9.17) is 0 Å². The van der Waals surface area contributed by atoms with Crippen molar-refractivity contribution in [1.29, 1.82) is 0 Å². The number of imide groups is 1. The SMILES string of the molecule is CCc1ccc([C@H](C)NC(=O)CN2C(=O)NC3(CCCC3)C2=O)cc1. The average Bonchev–Trinajstić information content (AvgIpc) is 3.16. The van der Waals surface area contributed by atoms with Gasteiger partial charge >= 0.3 is 6.03 Å². The molecule has 4 amide bonds. The maximum absolute atomic E-state index is 12.6. The maximum Gasteiger partial charge on any atom is 0.325 e. The van der Waals surface area contributed by atoms with Crippen LogP contribution in [0.15, 0.2) is 24.3 Å². The highest BCUT2D eigenvalue weighted by molar-refractivity contribution is 6.09. The van der Waals surface area contributed by atoms with Crippen molar-refractivity contribution in [1.82, 2.24) is 15.5 Å². The van der Waals surface area contributed by atoms with E-state index in [2.05, 4.69) is 17.6 Å². The topological polar surface area (TPSA) is 78.5 Å². The van der Waals surface area contributed by atoms with E-state index in [9.17, 15) is 14.4 Å². The molecule has 2 aliphatic rings. The Morgan fingerprint density at radius 2 is 1.88 bits per heavy atom. The van der Waals surface area contributed by atoms with E-state index in [-0.39, 0.29) is 24.4 Å². The second kappa shape index (κ2) is 6.86. The first kappa shape index (κ1) is 17.5. The maximum atomic E-state index is 12.6. The normalized spacial score (nSPS) is 20.0. The fourth-order valence-electron chi connectivity index (χ4n) is 3.69. The number of benzene rings is 1. The van der Waals surface area contributed by atoms with Gasteiger partial charge in [0.1, 0.15) is 12.1 Å². The molecule has 25 heavy (non-hydrogen) atoms. The van der Waals surface area contributed by atoms with E-state index in [0.29, 0.717) is 12.8 Å². The first-order valence-corrected chi connectivity index (χ1v) is 8.97. The number of hydrogen-bond acceptors (Lipinski definition) is 3. The number of carbonyl (C=O) groups is 3. The fraction of sp³-hybridized carbons (Fsp3) is 0.526. The van der Waals surface area contributed by atoms with Crippen LogP contribution in [0, 0.1) is 0 Å². The van der Waals surface area contributed by atoms with Gasteiger partial charge in [-0.15, -0.1) is 0 Å². The summed E-state index contributed by atoms with van der Waals surface area (Å²) in [5.74, 6) is -0.587. The molecule has 1 saturated carbocycles. The Kier molecular flexibility index (Phi) is 4.79. The Labute approximate surface area is 148 Å². The van der Waals surface area contributed by atoms with Gasteiger partial charge in [-0.25, -0.2) is 4.79 Å². The molecule has 0 radical (unpaired) electrons. The molecule has 134 valence electrons. The second-order valence-corrected chi connectivity index (χ2v) is 7.00. The van der Waals surface area contributed by atoms with Crippen molar-refractivity contribution in [2.45, 2.75) is 57.5 Å². The number of hydrogen-bond donors (Lipinski definition) is 2. The van der Waals surface area contributed by atoms with Gasteiger partial charge in [0.15, 0.2) is 0 Å². The Morgan fingerprint density at radius 1 is 1.24 bits per heavy atom. The lowest BCUT2D eigenvalue weighted by Gasteiger charge is -2.20. The minimum atomic E-state index is -0.765. The average molecular weight is 343 g/mol. The van der Waals surface area contributed by atoms with E-state index in [1.54, 1.807) is 0 Å². The van der Waals surface area contributed by atoms with Crippen LogP contribution in [0.3, 0.4) is 0 Å². The first-order valence-electron chi connectivity index (χ1n) is 8.97. The summed E-state index contributed by atoms with van der Waals surface area (Å²) in [5.41, 5.74) is 1.47. The van der Waals surface area contributed by atoms with Gasteiger partial charge in [0.05, 0.1) is 6.04 Å². The van der Waals surface area contributed by atoms with Gasteiger partial charge in [-0.2, -0.15) is 0 Å². The van der Waals surface area contributed by atoms with Crippen molar-refractivity contribution in [2.24, 2.45) is 0 Å². The van der Waals surface area contributed by atoms with Crippen molar-refractivity contribution in [2.75, 3.05) is 6.54 Å². The molecule has 0 aromatic heterocycles. The molecule has 1 aromatic rings. The third-order valence-corrected chi connectivity index (χ3v) is 5.27. The highest BCUT2D eigenvalue weighted by Gasteiger charge is 2.52. The Balaban J connectivity index is 1.60. The van der Waals surface area contributed by atoms with Gasteiger partial charge in [-0.05, 0) is 37.3 Å². The molecule has 1 saturated heterocycles. The predicted octanol–water partition coefficient (Wildman–Crippen LogP) is 2.29. The van der Waals surface area contributed by atoms with Crippen molar-refractivity contribution in [3.8, 4) is 0 Å². The van der Waals surface area contributed by atoms with Crippen LogP contribution in [0.4, 0.5) is 4.79 Å². The molecular weight excluding hydrogens is 318 g/mol. The minimum Gasteiger partial charge on any atom is -0.348 e. The summed E-state index contributed by atoms with van der Waals surface area (Å²) >= 11 is 0. The molecule has 1 atom stereocenters. The Morgan fingerprint density at radius 3 is 2.48 bits per heavy atom. The number of carbonyl (C=O) groups excluding carboxylic acids is 3. The highest BCUT2D eigenvalue weighted by Crippen LogP contribution is 2.34. The summed E-state index contributed by atoms with van der Waals surface area (Å²) < 4.78 is 0. The third-order valence-electron chi connectivity index (χ3n) is 5.27. The molecule has 1 spiro atoms.